The topological polar surface area (TPSA) is 167 Å². The summed E-state index contributed by atoms with van der Waals surface area (Å²) in [5, 5.41) is 34.4. The molecule has 2 aliphatic heterocycles. The van der Waals surface area contributed by atoms with Gasteiger partial charge in [-0.2, -0.15) is 0 Å². The lowest BCUT2D eigenvalue weighted by Gasteiger charge is -2.51. The number of nitro groups is 1. The molecule has 3 N–H and O–H groups in total. The number of fused-ring (bicyclic) bond motifs is 2. The van der Waals surface area contributed by atoms with Crippen molar-refractivity contribution in [3.63, 3.8) is 0 Å². The Bertz CT molecular complexity index is 1470. The Morgan fingerprint density at radius 2 is 2.08 bits per heavy atom. The Morgan fingerprint density at radius 1 is 1.38 bits per heavy atom. The second-order valence-corrected chi connectivity index (χ2v) is 10.5. The Kier molecular flexibility index (Phi) is 5.83. The number of nitrogens with zero attached hydrogens (tertiary/aromatic N) is 4. The summed E-state index contributed by atoms with van der Waals surface area (Å²) in [4.78, 5) is 53.9. The quantitative estimate of drug-likeness (QED) is 0.165. The number of carboxylic acids is 1. The van der Waals surface area contributed by atoms with Gasteiger partial charge in [-0.25, -0.2) is 9.78 Å². The lowest BCUT2D eigenvalue weighted by molar-refractivity contribution is -0.384. The third-order valence-electron chi connectivity index (χ3n) is 7.17. The molecule has 0 aliphatic carbocycles. The zero-order valence-corrected chi connectivity index (χ0v) is 20.6. The fraction of sp³-hybridized carbons (Fsp3) is 0.333. The highest BCUT2D eigenvalue weighted by Gasteiger charge is 2.66. The van der Waals surface area contributed by atoms with Crippen molar-refractivity contribution in [3.8, 4) is 0 Å². The average Bonchev–Trinajstić information content (AvgIpc) is 3.46. The van der Waals surface area contributed by atoms with Crippen molar-refractivity contribution in [3.05, 3.63) is 68.7 Å². The molecule has 192 valence electrons. The molecule has 2 amide bonds. The number of carboxylic acid groups (broad SMARTS) is 1. The van der Waals surface area contributed by atoms with E-state index >= 15 is 0 Å². The van der Waals surface area contributed by atoms with Crippen LogP contribution in [0.4, 0.5) is 5.69 Å². The van der Waals surface area contributed by atoms with Crippen molar-refractivity contribution in [2.45, 2.75) is 39.0 Å². The van der Waals surface area contributed by atoms with Crippen LogP contribution in [0.1, 0.15) is 30.1 Å². The number of β-lactam (4-membered cyclic amide) rings is 1. The number of benzene rings is 1. The first kappa shape index (κ1) is 24.6. The van der Waals surface area contributed by atoms with E-state index in [2.05, 4.69) is 10.3 Å². The van der Waals surface area contributed by atoms with Gasteiger partial charge in [-0.1, -0.05) is 19.1 Å². The molecule has 4 atom stereocenters. The molecule has 0 saturated carbocycles. The van der Waals surface area contributed by atoms with Crippen LogP contribution in [0, 0.1) is 21.4 Å². The Morgan fingerprint density at radius 3 is 2.68 bits per heavy atom. The summed E-state index contributed by atoms with van der Waals surface area (Å²) in [5.41, 5.74) is 0.0320. The van der Waals surface area contributed by atoms with E-state index in [1.807, 2.05) is 6.92 Å². The second kappa shape index (κ2) is 8.78. The third kappa shape index (κ3) is 3.69. The minimum atomic E-state index is -1.26. The monoisotopic (exact) mass is 525 g/mol. The molecule has 1 aromatic carbocycles. The van der Waals surface area contributed by atoms with E-state index in [1.54, 1.807) is 28.9 Å². The lowest BCUT2D eigenvalue weighted by atomic mass is 9.64. The number of hydrogen-bond donors (Lipinski definition) is 3. The highest BCUT2D eigenvalue weighted by molar-refractivity contribution is 7.18. The average molecular weight is 526 g/mol. The van der Waals surface area contributed by atoms with Crippen molar-refractivity contribution in [2.24, 2.45) is 11.3 Å². The maximum absolute atomic E-state index is 13.1. The molecule has 1 fully saturated rings. The van der Waals surface area contributed by atoms with Gasteiger partial charge in [-0.3, -0.25) is 24.1 Å². The molecule has 0 radical (unpaired) electrons. The summed E-state index contributed by atoms with van der Waals surface area (Å²) in [5.74, 6) is -1.96. The molecule has 2 aromatic heterocycles. The minimum Gasteiger partial charge on any atom is -0.477 e. The van der Waals surface area contributed by atoms with Gasteiger partial charge in [0.15, 0.2) is 0 Å². The van der Waals surface area contributed by atoms with Crippen LogP contribution in [-0.4, -0.2) is 59.9 Å². The van der Waals surface area contributed by atoms with Crippen LogP contribution in [-0.2, 0) is 27.3 Å². The molecule has 12 nitrogen and oxygen atoms in total. The number of carbonyl (C=O) groups excluding carboxylic acids is 2. The molecule has 13 heteroatoms. The Hall–Kier alpha value is -4.10. The van der Waals surface area contributed by atoms with Crippen LogP contribution in [0.3, 0.4) is 0 Å². The third-order valence-corrected chi connectivity index (χ3v) is 8.21. The van der Waals surface area contributed by atoms with Gasteiger partial charge in [0, 0.05) is 29.3 Å². The van der Waals surface area contributed by atoms with E-state index in [0.29, 0.717) is 22.7 Å². The van der Waals surface area contributed by atoms with Crippen molar-refractivity contribution in [2.75, 3.05) is 0 Å². The fourth-order valence-electron chi connectivity index (χ4n) is 5.64. The number of carbonyl (C=O) groups is 3. The summed E-state index contributed by atoms with van der Waals surface area (Å²) in [6, 6.07) is 5.40. The largest absolute Gasteiger partial charge is 0.477 e. The SMILES string of the molecule is C[C@@H](O)[C@H]1C(=O)N2C(C(=O)O)=C(c3cn4c(CNC=O)ncc4s3)[C@](C)(Cc3ccc([N+](=O)[O-])cc3)[C@@H]12. The summed E-state index contributed by atoms with van der Waals surface area (Å²) < 4.78 is 1.76. The van der Waals surface area contributed by atoms with E-state index in [-0.39, 0.29) is 24.4 Å². The fourth-order valence-corrected chi connectivity index (χ4v) is 6.82. The van der Waals surface area contributed by atoms with Crippen LogP contribution in [0.2, 0.25) is 0 Å². The maximum atomic E-state index is 13.1. The summed E-state index contributed by atoms with van der Waals surface area (Å²) in [6.07, 6.45) is 3.21. The van der Waals surface area contributed by atoms with Crippen LogP contribution in [0.15, 0.2) is 42.4 Å². The molecule has 1 saturated heterocycles. The predicted octanol–water partition coefficient (Wildman–Crippen LogP) is 1.82. The summed E-state index contributed by atoms with van der Waals surface area (Å²) in [7, 11) is 0. The number of hydrogen-bond acceptors (Lipinski definition) is 8. The number of aliphatic hydroxyl groups excluding tert-OH is 1. The van der Waals surface area contributed by atoms with E-state index in [4.69, 9.17) is 0 Å². The molecule has 5 rings (SSSR count). The standard InChI is InChI=1S/C24H23N5O7S/c1-12(31)18-21-24(2,7-13-3-5-14(6-4-13)29(35)36)19(20(23(33)34)28(21)22(18)32)15-10-27-16(8-25-11-30)26-9-17(27)37-15/h3-6,9-12,18,21,31H,7-8H2,1-2H3,(H,25,30)(H,33,34)/t12-,18-,21-,24+/m1/s1. The van der Waals surface area contributed by atoms with Crippen LogP contribution in [0.5, 0.6) is 0 Å². The van der Waals surface area contributed by atoms with Gasteiger partial charge in [0.2, 0.25) is 12.3 Å². The van der Waals surface area contributed by atoms with Gasteiger partial charge in [0.25, 0.3) is 5.69 Å². The lowest BCUT2D eigenvalue weighted by Crippen LogP contribution is -2.66. The number of nitrogens with one attached hydrogen (secondary N) is 1. The van der Waals surface area contributed by atoms with Gasteiger partial charge in [0.1, 0.15) is 16.4 Å². The zero-order chi connectivity index (χ0) is 26.6. The van der Waals surface area contributed by atoms with Crippen molar-refractivity contribution >= 4 is 45.7 Å². The van der Waals surface area contributed by atoms with E-state index in [9.17, 15) is 34.7 Å². The van der Waals surface area contributed by atoms with E-state index in [1.165, 1.54) is 35.3 Å². The molecular weight excluding hydrogens is 502 g/mol. The first-order valence-electron chi connectivity index (χ1n) is 11.4. The molecule has 0 bridgehead atoms. The van der Waals surface area contributed by atoms with Crippen molar-refractivity contribution < 1.29 is 29.5 Å². The second-order valence-electron chi connectivity index (χ2n) is 9.44. The molecule has 3 aromatic rings. The van der Waals surface area contributed by atoms with Gasteiger partial charge in [-0.15, -0.1) is 11.3 Å². The molecule has 37 heavy (non-hydrogen) atoms. The number of non-ortho nitro benzene ring substituents is 1. The van der Waals surface area contributed by atoms with E-state index in [0.717, 1.165) is 10.4 Å². The molecule has 2 aliphatic rings. The van der Waals surface area contributed by atoms with E-state index < -0.39 is 40.3 Å². The highest BCUT2D eigenvalue weighted by atomic mass is 32.1. The summed E-state index contributed by atoms with van der Waals surface area (Å²) in [6.45, 7) is 3.55. The normalized spacial score (nSPS) is 23.6. The Labute approximate surface area is 214 Å². The predicted molar refractivity (Wildman–Crippen MR) is 131 cm³/mol. The van der Waals surface area contributed by atoms with Crippen molar-refractivity contribution in [1.82, 2.24) is 19.6 Å². The number of amides is 2. The molecule has 0 spiro atoms. The minimum absolute atomic E-state index is 0.0676. The number of aromatic nitrogens is 2. The molecule has 0 unspecified atom stereocenters. The number of thiazole rings is 1. The maximum Gasteiger partial charge on any atom is 0.352 e. The number of aliphatic hydroxyl groups is 1. The number of rotatable bonds is 9. The first-order valence-corrected chi connectivity index (χ1v) is 12.3. The number of aliphatic carboxylic acids is 1. The highest BCUT2D eigenvalue weighted by Crippen LogP contribution is 2.59. The summed E-state index contributed by atoms with van der Waals surface area (Å²) >= 11 is 1.31. The smallest absolute Gasteiger partial charge is 0.352 e. The van der Waals surface area contributed by atoms with Gasteiger partial charge in [-0.05, 0) is 18.9 Å². The first-order chi connectivity index (χ1) is 17.6. The molecular formula is C24H23N5O7S. The Balaban J connectivity index is 1.67. The zero-order valence-electron chi connectivity index (χ0n) is 19.8. The number of nitro benzene ring substituents is 1. The van der Waals surface area contributed by atoms with Gasteiger partial charge >= 0.3 is 5.97 Å². The number of imidazole rings is 1. The van der Waals surface area contributed by atoms with Crippen LogP contribution in [0.25, 0.3) is 10.4 Å². The van der Waals surface area contributed by atoms with Gasteiger partial charge < -0.3 is 20.4 Å². The van der Waals surface area contributed by atoms with Crippen LogP contribution >= 0.6 is 11.3 Å². The van der Waals surface area contributed by atoms with Crippen LogP contribution < -0.4 is 5.32 Å². The van der Waals surface area contributed by atoms with Crippen molar-refractivity contribution in [1.29, 1.82) is 0 Å². The van der Waals surface area contributed by atoms with Gasteiger partial charge in [0.05, 0.1) is 40.6 Å². The molecule has 4 heterocycles.